The molecule has 0 bridgehead atoms. The van der Waals surface area contributed by atoms with E-state index in [1.54, 1.807) is 0 Å². The summed E-state index contributed by atoms with van der Waals surface area (Å²) >= 11 is 0. The van der Waals surface area contributed by atoms with Crippen LogP contribution in [0.25, 0.3) is 0 Å². The minimum Gasteiger partial charge on any atom is -0.407 e. The topological polar surface area (TPSA) is 101 Å². The molecular formula is C9H14N6O2. The number of aromatic nitrogens is 2. The van der Waals surface area contributed by atoms with E-state index >= 15 is 0 Å². The summed E-state index contributed by atoms with van der Waals surface area (Å²) in [7, 11) is 0. The fourth-order valence-electron chi connectivity index (χ4n) is 2.23. The van der Waals surface area contributed by atoms with Gasteiger partial charge in [-0.2, -0.15) is 0 Å². The molecule has 3 rings (SSSR count). The SMILES string of the molecule is NCc1nnc(N2CCN3C(=O)NCC3C2)o1. The number of nitrogens with zero attached hydrogens (tertiary/aromatic N) is 4. The Labute approximate surface area is 97.7 Å². The average Bonchev–Trinajstić information content (AvgIpc) is 2.96. The van der Waals surface area contributed by atoms with Gasteiger partial charge in [-0.25, -0.2) is 4.79 Å². The van der Waals surface area contributed by atoms with Gasteiger partial charge in [-0.15, -0.1) is 5.10 Å². The third-order valence-electron chi connectivity index (χ3n) is 3.13. The number of piperazine rings is 1. The Morgan fingerprint density at radius 1 is 1.47 bits per heavy atom. The molecule has 0 aliphatic carbocycles. The number of rotatable bonds is 2. The molecule has 2 amide bonds. The van der Waals surface area contributed by atoms with Crippen molar-refractivity contribution >= 4 is 12.0 Å². The summed E-state index contributed by atoms with van der Waals surface area (Å²) in [5, 5.41) is 10.6. The van der Waals surface area contributed by atoms with Crippen LogP contribution in [0.2, 0.25) is 0 Å². The highest BCUT2D eigenvalue weighted by Crippen LogP contribution is 2.19. The number of fused-ring (bicyclic) bond motifs is 1. The van der Waals surface area contributed by atoms with Crippen LogP contribution in [0.5, 0.6) is 0 Å². The van der Waals surface area contributed by atoms with Crippen molar-refractivity contribution in [1.29, 1.82) is 0 Å². The second kappa shape index (κ2) is 3.88. The summed E-state index contributed by atoms with van der Waals surface area (Å²) in [4.78, 5) is 15.3. The van der Waals surface area contributed by atoms with Gasteiger partial charge in [-0.3, -0.25) is 0 Å². The van der Waals surface area contributed by atoms with E-state index < -0.39 is 0 Å². The van der Waals surface area contributed by atoms with Crippen LogP contribution in [0.4, 0.5) is 10.8 Å². The van der Waals surface area contributed by atoms with Crippen LogP contribution in [-0.4, -0.2) is 53.3 Å². The maximum atomic E-state index is 11.4. The smallest absolute Gasteiger partial charge is 0.318 e. The Bertz CT molecular complexity index is 433. The fourth-order valence-corrected chi connectivity index (χ4v) is 2.23. The first kappa shape index (κ1) is 10.3. The molecule has 1 unspecified atom stereocenters. The van der Waals surface area contributed by atoms with Crippen LogP contribution in [0.3, 0.4) is 0 Å². The molecule has 8 nitrogen and oxygen atoms in total. The molecule has 0 spiro atoms. The van der Waals surface area contributed by atoms with E-state index in [2.05, 4.69) is 15.5 Å². The molecule has 1 aromatic heterocycles. The number of anilines is 1. The van der Waals surface area contributed by atoms with Crippen molar-refractivity contribution in [2.45, 2.75) is 12.6 Å². The van der Waals surface area contributed by atoms with E-state index in [1.165, 1.54) is 0 Å². The number of nitrogens with two attached hydrogens (primary N) is 1. The maximum Gasteiger partial charge on any atom is 0.318 e. The second-order valence-electron chi connectivity index (χ2n) is 4.16. The first-order valence-electron chi connectivity index (χ1n) is 5.60. The zero-order chi connectivity index (χ0) is 11.8. The molecule has 3 N–H and O–H groups in total. The van der Waals surface area contributed by atoms with Gasteiger partial charge in [0.1, 0.15) is 0 Å². The molecule has 8 heteroatoms. The second-order valence-corrected chi connectivity index (χ2v) is 4.16. The van der Waals surface area contributed by atoms with Gasteiger partial charge in [-0.1, -0.05) is 5.10 Å². The predicted octanol–water partition coefficient (Wildman–Crippen LogP) is -1.26. The quantitative estimate of drug-likeness (QED) is 0.667. The predicted molar refractivity (Wildman–Crippen MR) is 58.3 cm³/mol. The van der Waals surface area contributed by atoms with Gasteiger partial charge in [0.15, 0.2) is 0 Å². The van der Waals surface area contributed by atoms with Crippen LogP contribution in [-0.2, 0) is 6.54 Å². The number of amides is 2. The molecule has 92 valence electrons. The number of carbonyl (C=O) groups is 1. The van der Waals surface area contributed by atoms with Crippen molar-refractivity contribution in [3.8, 4) is 0 Å². The van der Waals surface area contributed by atoms with Crippen molar-refractivity contribution in [3.05, 3.63) is 5.89 Å². The molecule has 2 saturated heterocycles. The summed E-state index contributed by atoms with van der Waals surface area (Å²) < 4.78 is 5.40. The van der Waals surface area contributed by atoms with Gasteiger partial charge in [0, 0.05) is 26.2 Å². The summed E-state index contributed by atoms with van der Waals surface area (Å²) in [5.41, 5.74) is 5.42. The zero-order valence-electron chi connectivity index (χ0n) is 9.30. The molecule has 0 radical (unpaired) electrons. The zero-order valence-corrected chi connectivity index (χ0v) is 9.30. The lowest BCUT2D eigenvalue weighted by atomic mass is 10.2. The lowest BCUT2D eigenvalue weighted by molar-refractivity contribution is 0.196. The van der Waals surface area contributed by atoms with E-state index in [-0.39, 0.29) is 18.6 Å². The van der Waals surface area contributed by atoms with Crippen molar-refractivity contribution in [2.24, 2.45) is 5.73 Å². The molecule has 1 atom stereocenters. The summed E-state index contributed by atoms with van der Waals surface area (Å²) in [5.74, 6) is 0.433. The van der Waals surface area contributed by atoms with Crippen molar-refractivity contribution in [2.75, 3.05) is 31.1 Å². The van der Waals surface area contributed by atoms with Gasteiger partial charge in [0.2, 0.25) is 5.89 Å². The minimum atomic E-state index is 0.0165. The van der Waals surface area contributed by atoms with Crippen LogP contribution in [0.1, 0.15) is 5.89 Å². The van der Waals surface area contributed by atoms with Crippen LogP contribution < -0.4 is 16.0 Å². The monoisotopic (exact) mass is 238 g/mol. The Morgan fingerprint density at radius 2 is 2.35 bits per heavy atom. The third kappa shape index (κ3) is 1.70. The van der Waals surface area contributed by atoms with Gasteiger partial charge in [0.25, 0.3) is 0 Å². The normalized spacial score (nSPS) is 23.8. The molecule has 0 saturated carbocycles. The van der Waals surface area contributed by atoms with Crippen LogP contribution >= 0.6 is 0 Å². The van der Waals surface area contributed by atoms with Gasteiger partial charge < -0.3 is 25.3 Å². The van der Waals surface area contributed by atoms with Crippen molar-refractivity contribution in [1.82, 2.24) is 20.4 Å². The molecule has 1 aromatic rings. The Hall–Kier alpha value is -1.83. The van der Waals surface area contributed by atoms with Crippen LogP contribution in [0, 0.1) is 0 Å². The number of urea groups is 1. The standard InChI is InChI=1S/C9H14N6O2/c10-3-7-12-13-9(17-7)14-1-2-15-6(5-14)4-11-8(15)16/h6H,1-5,10H2,(H,11,16). The Kier molecular flexibility index (Phi) is 2.36. The highest BCUT2D eigenvalue weighted by Gasteiger charge is 2.36. The molecule has 2 aliphatic heterocycles. The number of hydrogen-bond donors (Lipinski definition) is 2. The van der Waals surface area contributed by atoms with E-state index in [0.29, 0.717) is 38.1 Å². The van der Waals surface area contributed by atoms with Gasteiger partial charge in [-0.05, 0) is 0 Å². The number of nitrogens with one attached hydrogen (secondary N) is 1. The Balaban J connectivity index is 1.72. The first-order valence-corrected chi connectivity index (χ1v) is 5.60. The molecule has 3 heterocycles. The molecule has 0 aromatic carbocycles. The molecular weight excluding hydrogens is 224 g/mol. The van der Waals surface area contributed by atoms with E-state index in [9.17, 15) is 4.79 Å². The van der Waals surface area contributed by atoms with Gasteiger partial charge in [0.05, 0.1) is 12.6 Å². The summed E-state index contributed by atoms with van der Waals surface area (Å²) in [6.07, 6.45) is 0. The first-order chi connectivity index (χ1) is 8.28. The lowest BCUT2D eigenvalue weighted by Gasteiger charge is -2.35. The minimum absolute atomic E-state index is 0.0165. The summed E-state index contributed by atoms with van der Waals surface area (Å²) in [6, 6.07) is 0.691. The largest absolute Gasteiger partial charge is 0.407 e. The van der Waals surface area contributed by atoms with E-state index in [4.69, 9.17) is 10.2 Å². The van der Waals surface area contributed by atoms with E-state index in [1.807, 2.05) is 9.80 Å². The number of hydrogen-bond acceptors (Lipinski definition) is 6. The van der Waals surface area contributed by atoms with Crippen molar-refractivity contribution < 1.29 is 9.21 Å². The van der Waals surface area contributed by atoms with Crippen molar-refractivity contribution in [3.63, 3.8) is 0 Å². The van der Waals surface area contributed by atoms with E-state index in [0.717, 1.165) is 0 Å². The van der Waals surface area contributed by atoms with Gasteiger partial charge >= 0.3 is 12.0 Å². The lowest BCUT2D eigenvalue weighted by Crippen LogP contribution is -2.52. The Morgan fingerprint density at radius 3 is 3.12 bits per heavy atom. The highest BCUT2D eigenvalue weighted by molar-refractivity contribution is 5.77. The molecule has 2 aliphatic rings. The average molecular weight is 238 g/mol. The van der Waals surface area contributed by atoms with Crippen LogP contribution in [0.15, 0.2) is 4.42 Å². The number of carbonyl (C=O) groups excluding carboxylic acids is 1. The third-order valence-corrected chi connectivity index (χ3v) is 3.13. The fraction of sp³-hybridized carbons (Fsp3) is 0.667. The molecule has 17 heavy (non-hydrogen) atoms. The summed E-state index contributed by atoms with van der Waals surface area (Å²) in [6.45, 7) is 3.02. The molecule has 2 fully saturated rings. The maximum absolute atomic E-state index is 11.4. The highest BCUT2D eigenvalue weighted by atomic mass is 16.4.